The minimum absolute atomic E-state index is 0.113. The molecule has 0 spiro atoms. The summed E-state index contributed by atoms with van der Waals surface area (Å²) >= 11 is 0. The third-order valence-corrected chi connectivity index (χ3v) is 5.53. The lowest BCUT2D eigenvalue weighted by Gasteiger charge is -2.16. The van der Waals surface area contributed by atoms with Crippen LogP contribution in [-0.4, -0.2) is 50.0 Å². The van der Waals surface area contributed by atoms with Crippen molar-refractivity contribution >= 4 is 11.8 Å². The zero-order valence-corrected chi connectivity index (χ0v) is 16.2. The Bertz CT molecular complexity index is 1220. The van der Waals surface area contributed by atoms with Crippen LogP contribution >= 0.6 is 0 Å². The van der Waals surface area contributed by atoms with Gasteiger partial charge in [0.2, 0.25) is 0 Å². The topological polar surface area (TPSA) is 108 Å². The van der Waals surface area contributed by atoms with Gasteiger partial charge >= 0.3 is 6.09 Å². The zero-order chi connectivity index (χ0) is 20.8. The average Bonchev–Trinajstić information content (AvgIpc) is 3.58. The van der Waals surface area contributed by atoms with Gasteiger partial charge in [-0.3, -0.25) is 4.90 Å². The molecule has 1 unspecified atom stereocenters. The maximum atomic E-state index is 12.5. The molecule has 0 saturated carbocycles. The maximum Gasteiger partial charge on any atom is 0.415 e. The smallest absolute Gasteiger partial charge is 0.415 e. The normalized spacial score (nSPS) is 19.2. The molecule has 3 aromatic heterocycles. The third kappa shape index (κ3) is 3.00. The van der Waals surface area contributed by atoms with Gasteiger partial charge in [0.15, 0.2) is 11.9 Å². The number of anilines is 1. The maximum absolute atomic E-state index is 12.5. The van der Waals surface area contributed by atoms with Crippen LogP contribution in [0.3, 0.4) is 0 Å². The fraction of sp³-hybridized carbons (Fsp3) is 0.190. The summed E-state index contributed by atoms with van der Waals surface area (Å²) in [5.41, 5.74) is 3.97. The molecule has 0 radical (unpaired) electrons. The van der Waals surface area contributed by atoms with Crippen LogP contribution in [0.2, 0.25) is 0 Å². The lowest BCUT2D eigenvalue weighted by molar-refractivity contribution is 0.0886. The number of rotatable bonds is 5. The second-order valence-corrected chi connectivity index (χ2v) is 7.31. The Balaban J connectivity index is 1.23. The molecular weight excluding hydrogens is 400 g/mol. The molecule has 4 aromatic rings. The lowest BCUT2D eigenvalue weighted by atomic mass is 10.0. The van der Waals surface area contributed by atoms with Crippen LogP contribution in [0.5, 0.6) is 5.88 Å². The molecular formula is C21H16N6O4. The predicted molar refractivity (Wildman–Crippen MR) is 107 cm³/mol. The second-order valence-electron chi connectivity index (χ2n) is 7.31. The van der Waals surface area contributed by atoms with Crippen molar-refractivity contribution < 1.29 is 18.8 Å². The summed E-state index contributed by atoms with van der Waals surface area (Å²) in [7, 11) is 0. The zero-order valence-electron chi connectivity index (χ0n) is 16.2. The van der Waals surface area contributed by atoms with E-state index in [1.807, 2.05) is 24.3 Å². The van der Waals surface area contributed by atoms with E-state index >= 15 is 0 Å². The van der Waals surface area contributed by atoms with Crippen LogP contribution in [0.15, 0.2) is 65.8 Å². The number of hydrogen-bond donors (Lipinski definition) is 0. The molecule has 10 heteroatoms. The molecule has 154 valence electrons. The fourth-order valence-corrected chi connectivity index (χ4v) is 4.07. The minimum Gasteiger partial charge on any atom is -0.471 e. The van der Waals surface area contributed by atoms with Crippen LogP contribution in [0, 0.1) is 0 Å². The van der Waals surface area contributed by atoms with E-state index in [1.165, 1.54) is 6.26 Å². The molecule has 1 aromatic carbocycles. The number of carbonyl (C=O) groups excluding carboxylic acids is 1. The van der Waals surface area contributed by atoms with Gasteiger partial charge in [-0.25, -0.2) is 14.5 Å². The summed E-state index contributed by atoms with van der Waals surface area (Å²) in [6, 6.07) is 11.4. The van der Waals surface area contributed by atoms with Crippen LogP contribution in [0.1, 0.15) is 5.56 Å². The van der Waals surface area contributed by atoms with E-state index in [-0.39, 0.29) is 24.8 Å². The second kappa shape index (κ2) is 6.94. The first kappa shape index (κ1) is 17.6. The Labute approximate surface area is 176 Å². The van der Waals surface area contributed by atoms with Crippen LogP contribution in [-0.2, 0) is 11.2 Å². The first-order valence-electron chi connectivity index (χ1n) is 9.75. The van der Waals surface area contributed by atoms with Crippen molar-refractivity contribution in [3.8, 4) is 22.8 Å². The Morgan fingerprint density at radius 3 is 2.87 bits per heavy atom. The molecule has 6 rings (SSSR count). The summed E-state index contributed by atoms with van der Waals surface area (Å²) in [6.07, 6.45) is 6.53. The standard InChI is InChI=1S/C21H16N6O4/c28-21-27-16-3-1-13(14-2-4-19(22-11-14)26-7-6-23-25-26)9-15(16)10-17(27)18(31-21)12-29-20-5-8-30-24-20/h1-9,11,17-18H,10,12H2/t17-,18?/m0/s1. The third-order valence-electron chi connectivity index (χ3n) is 5.53. The number of cyclic esters (lactones) is 1. The van der Waals surface area contributed by atoms with Crippen molar-refractivity contribution in [3.05, 3.63) is 66.8 Å². The van der Waals surface area contributed by atoms with E-state index in [0.717, 1.165) is 22.4 Å². The molecule has 2 atom stereocenters. The molecule has 0 N–H and O–H groups in total. The number of aromatic nitrogens is 5. The Morgan fingerprint density at radius 2 is 2.10 bits per heavy atom. The highest BCUT2D eigenvalue weighted by atomic mass is 16.6. The highest BCUT2D eigenvalue weighted by molar-refractivity contribution is 5.94. The van der Waals surface area contributed by atoms with E-state index < -0.39 is 0 Å². The number of ether oxygens (including phenoxy) is 2. The molecule has 2 aliphatic rings. The van der Waals surface area contributed by atoms with Crippen LogP contribution in [0.25, 0.3) is 16.9 Å². The summed E-state index contributed by atoms with van der Waals surface area (Å²) in [5.74, 6) is 1.06. The first-order valence-corrected chi connectivity index (χ1v) is 9.75. The van der Waals surface area contributed by atoms with Gasteiger partial charge in [0.1, 0.15) is 12.9 Å². The van der Waals surface area contributed by atoms with Gasteiger partial charge in [0, 0.05) is 17.8 Å². The van der Waals surface area contributed by atoms with E-state index in [2.05, 4.69) is 26.5 Å². The molecule has 1 saturated heterocycles. The largest absolute Gasteiger partial charge is 0.471 e. The average molecular weight is 416 g/mol. The van der Waals surface area contributed by atoms with Crippen LogP contribution < -0.4 is 9.64 Å². The molecule has 5 heterocycles. The van der Waals surface area contributed by atoms with E-state index in [4.69, 9.17) is 14.0 Å². The van der Waals surface area contributed by atoms with Gasteiger partial charge in [0.25, 0.3) is 5.88 Å². The summed E-state index contributed by atoms with van der Waals surface area (Å²) in [4.78, 5) is 18.7. The fourth-order valence-electron chi connectivity index (χ4n) is 4.07. The highest BCUT2D eigenvalue weighted by Crippen LogP contribution is 2.40. The predicted octanol–water partition coefficient (Wildman–Crippen LogP) is 2.65. The summed E-state index contributed by atoms with van der Waals surface area (Å²) < 4.78 is 17.5. The van der Waals surface area contributed by atoms with Crippen molar-refractivity contribution in [2.45, 2.75) is 18.6 Å². The summed E-state index contributed by atoms with van der Waals surface area (Å²) in [5, 5.41) is 11.5. The Kier molecular flexibility index (Phi) is 3.95. The lowest BCUT2D eigenvalue weighted by Crippen LogP contribution is -2.36. The van der Waals surface area contributed by atoms with Gasteiger partial charge in [0.05, 0.1) is 24.1 Å². The SMILES string of the molecule is O=C1OC(COc2ccon2)[C@@H]2Cc3cc(-c4ccc(-n5ccnn5)nc4)ccc3N12. The molecule has 31 heavy (non-hydrogen) atoms. The van der Waals surface area contributed by atoms with Gasteiger partial charge < -0.3 is 14.0 Å². The molecule has 0 aliphatic carbocycles. The molecule has 10 nitrogen and oxygen atoms in total. The Morgan fingerprint density at radius 1 is 1.16 bits per heavy atom. The van der Waals surface area contributed by atoms with Crippen molar-refractivity contribution in [2.75, 3.05) is 11.5 Å². The number of fused-ring (bicyclic) bond motifs is 3. The minimum atomic E-state index is -0.385. The quantitative estimate of drug-likeness (QED) is 0.489. The van der Waals surface area contributed by atoms with Crippen molar-refractivity contribution in [2.24, 2.45) is 0 Å². The molecule has 0 bridgehead atoms. The Hall–Kier alpha value is -4.21. The van der Waals surface area contributed by atoms with E-state index in [1.54, 1.807) is 34.2 Å². The van der Waals surface area contributed by atoms with Crippen molar-refractivity contribution in [3.63, 3.8) is 0 Å². The monoisotopic (exact) mass is 416 g/mol. The van der Waals surface area contributed by atoms with E-state index in [9.17, 15) is 4.79 Å². The molecule has 2 aliphatic heterocycles. The molecule has 1 amide bonds. The number of benzene rings is 1. The highest BCUT2D eigenvalue weighted by Gasteiger charge is 2.47. The van der Waals surface area contributed by atoms with Gasteiger partial charge in [-0.15, -0.1) is 5.10 Å². The number of hydrogen-bond acceptors (Lipinski definition) is 8. The summed E-state index contributed by atoms with van der Waals surface area (Å²) in [6.45, 7) is 0.216. The number of nitrogens with zero attached hydrogens (tertiary/aromatic N) is 6. The molecule has 1 fully saturated rings. The van der Waals surface area contributed by atoms with Gasteiger partial charge in [-0.05, 0) is 47.0 Å². The number of amides is 1. The van der Waals surface area contributed by atoms with E-state index in [0.29, 0.717) is 18.1 Å². The first-order chi connectivity index (χ1) is 15.3. The number of pyridine rings is 1. The van der Waals surface area contributed by atoms with Crippen molar-refractivity contribution in [1.82, 2.24) is 25.1 Å². The van der Waals surface area contributed by atoms with Crippen molar-refractivity contribution in [1.29, 1.82) is 0 Å². The van der Waals surface area contributed by atoms with Gasteiger partial charge in [-0.2, -0.15) is 0 Å². The van der Waals surface area contributed by atoms with Gasteiger partial charge in [-0.1, -0.05) is 11.3 Å². The number of carbonyl (C=O) groups is 1. The van der Waals surface area contributed by atoms with Crippen LogP contribution in [0.4, 0.5) is 10.5 Å².